The van der Waals surface area contributed by atoms with Gasteiger partial charge in [0.2, 0.25) is 0 Å². The van der Waals surface area contributed by atoms with Crippen LogP contribution in [0.3, 0.4) is 0 Å². The smallest absolute Gasteiger partial charge is 0.123 e. The number of halogens is 1. The minimum absolute atomic E-state index is 0.310. The van der Waals surface area contributed by atoms with Gasteiger partial charge in [0.1, 0.15) is 11.9 Å². The molecule has 1 aliphatic heterocycles. The molecule has 1 atom stereocenters. The largest absolute Gasteiger partial charge is 0.489 e. The molecular formula is C12H16ClNO. The lowest BCUT2D eigenvalue weighted by Gasteiger charge is -2.15. The van der Waals surface area contributed by atoms with Crippen molar-refractivity contribution in [2.45, 2.75) is 26.4 Å². The van der Waals surface area contributed by atoms with E-state index in [1.54, 1.807) is 0 Å². The fourth-order valence-electron chi connectivity index (χ4n) is 1.79. The normalized spacial score (nSPS) is 20.6. The molecule has 82 valence electrons. The molecule has 3 heteroatoms. The predicted molar refractivity (Wildman–Crippen MR) is 62.8 cm³/mol. The second-order valence-corrected chi connectivity index (χ2v) is 4.51. The molecule has 1 heterocycles. The molecular weight excluding hydrogens is 210 g/mol. The lowest BCUT2D eigenvalue weighted by molar-refractivity contribution is 0.221. The van der Waals surface area contributed by atoms with Gasteiger partial charge < -0.3 is 10.1 Å². The highest BCUT2D eigenvalue weighted by Crippen LogP contribution is 2.27. The summed E-state index contributed by atoms with van der Waals surface area (Å²) in [6.07, 6.45) is 1.39. The molecule has 1 saturated heterocycles. The molecule has 0 saturated carbocycles. The van der Waals surface area contributed by atoms with Gasteiger partial charge in [0, 0.05) is 11.6 Å². The Balaban J connectivity index is 2.16. The van der Waals surface area contributed by atoms with E-state index in [1.807, 2.05) is 26.0 Å². The molecule has 0 spiro atoms. The fraction of sp³-hybridized carbons (Fsp3) is 0.500. The van der Waals surface area contributed by atoms with Crippen molar-refractivity contribution in [3.05, 3.63) is 28.3 Å². The topological polar surface area (TPSA) is 21.3 Å². The first-order valence-electron chi connectivity index (χ1n) is 5.31. The fourth-order valence-corrected chi connectivity index (χ4v) is 2.01. The molecule has 1 aliphatic rings. The quantitative estimate of drug-likeness (QED) is 0.836. The Morgan fingerprint density at radius 2 is 2.13 bits per heavy atom. The third-order valence-electron chi connectivity index (χ3n) is 2.76. The molecule has 15 heavy (non-hydrogen) atoms. The van der Waals surface area contributed by atoms with E-state index < -0.39 is 0 Å². The first-order valence-corrected chi connectivity index (χ1v) is 5.69. The molecule has 1 N–H and O–H groups in total. The summed E-state index contributed by atoms with van der Waals surface area (Å²) in [5.41, 5.74) is 2.18. The summed E-state index contributed by atoms with van der Waals surface area (Å²) in [6.45, 7) is 6.03. The van der Waals surface area contributed by atoms with Crippen molar-refractivity contribution in [1.82, 2.24) is 5.32 Å². The molecule has 0 amide bonds. The van der Waals surface area contributed by atoms with Crippen LogP contribution in [-0.4, -0.2) is 19.2 Å². The maximum Gasteiger partial charge on any atom is 0.123 e. The lowest BCUT2D eigenvalue weighted by atomic mass is 10.1. The number of hydrogen-bond donors (Lipinski definition) is 1. The van der Waals surface area contributed by atoms with Crippen LogP contribution in [0.1, 0.15) is 17.5 Å². The SMILES string of the molecule is Cc1cc(OC2CCNC2)c(C)cc1Cl. The zero-order valence-corrected chi connectivity index (χ0v) is 9.90. The van der Waals surface area contributed by atoms with Crippen LogP contribution in [-0.2, 0) is 0 Å². The lowest BCUT2D eigenvalue weighted by Crippen LogP contribution is -2.20. The van der Waals surface area contributed by atoms with Gasteiger partial charge in [-0.25, -0.2) is 0 Å². The van der Waals surface area contributed by atoms with Crippen LogP contribution in [0, 0.1) is 13.8 Å². The maximum atomic E-state index is 6.03. The van der Waals surface area contributed by atoms with Crippen molar-refractivity contribution < 1.29 is 4.74 Å². The van der Waals surface area contributed by atoms with Gasteiger partial charge in [-0.3, -0.25) is 0 Å². The standard InChI is InChI=1S/C12H16ClNO/c1-8-6-12(9(2)5-11(8)13)15-10-3-4-14-7-10/h5-6,10,14H,3-4,7H2,1-2H3. The van der Waals surface area contributed by atoms with Crippen LogP contribution in [0.15, 0.2) is 12.1 Å². The molecule has 0 bridgehead atoms. The summed E-state index contributed by atoms with van der Waals surface area (Å²) in [5, 5.41) is 4.10. The molecule has 1 aromatic carbocycles. The van der Waals surface area contributed by atoms with Gasteiger partial charge in [0.15, 0.2) is 0 Å². The monoisotopic (exact) mass is 225 g/mol. The number of ether oxygens (including phenoxy) is 1. The minimum Gasteiger partial charge on any atom is -0.489 e. The van der Waals surface area contributed by atoms with E-state index in [1.165, 1.54) is 0 Å². The predicted octanol–water partition coefficient (Wildman–Crippen LogP) is 2.70. The summed E-state index contributed by atoms with van der Waals surface area (Å²) < 4.78 is 5.92. The average Bonchev–Trinajstić information content (AvgIpc) is 2.67. The Morgan fingerprint density at radius 1 is 1.33 bits per heavy atom. The number of rotatable bonds is 2. The van der Waals surface area contributed by atoms with Crippen LogP contribution >= 0.6 is 11.6 Å². The van der Waals surface area contributed by atoms with Gasteiger partial charge in [-0.15, -0.1) is 0 Å². The Hall–Kier alpha value is -0.730. The van der Waals surface area contributed by atoms with Crippen molar-refractivity contribution in [3.63, 3.8) is 0 Å². The number of hydrogen-bond acceptors (Lipinski definition) is 2. The second-order valence-electron chi connectivity index (χ2n) is 4.10. The molecule has 2 rings (SSSR count). The van der Waals surface area contributed by atoms with Crippen LogP contribution in [0.25, 0.3) is 0 Å². The van der Waals surface area contributed by atoms with Crippen LogP contribution in [0.2, 0.25) is 5.02 Å². The van der Waals surface area contributed by atoms with Crippen LogP contribution in [0.5, 0.6) is 5.75 Å². The van der Waals surface area contributed by atoms with E-state index in [2.05, 4.69) is 5.32 Å². The van der Waals surface area contributed by atoms with Crippen molar-refractivity contribution >= 4 is 11.6 Å². The van der Waals surface area contributed by atoms with Crippen molar-refractivity contribution in [1.29, 1.82) is 0 Å². The zero-order chi connectivity index (χ0) is 10.8. The van der Waals surface area contributed by atoms with Gasteiger partial charge in [-0.05, 0) is 50.1 Å². The number of aryl methyl sites for hydroxylation is 2. The second kappa shape index (κ2) is 4.42. The van der Waals surface area contributed by atoms with E-state index in [4.69, 9.17) is 16.3 Å². The number of nitrogens with one attached hydrogen (secondary N) is 1. The Morgan fingerprint density at radius 3 is 2.80 bits per heavy atom. The highest BCUT2D eigenvalue weighted by Gasteiger charge is 2.17. The highest BCUT2D eigenvalue weighted by atomic mass is 35.5. The summed E-state index contributed by atoms with van der Waals surface area (Å²) in [5.74, 6) is 0.964. The minimum atomic E-state index is 0.310. The van der Waals surface area contributed by atoms with Crippen molar-refractivity contribution in [3.8, 4) is 5.75 Å². The van der Waals surface area contributed by atoms with Crippen LogP contribution in [0.4, 0.5) is 0 Å². The van der Waals surface area contributed by atoms with Crippen molar-refractivity contribution in [2.24, 2.45) is 0 Å². The van der Waals surface area contributed by atoms with E-state index in [0.717, 1.165) is 41.4 Å². The Bertz CT molecular complexity index is 359. The van der Waals surface area contributed by atoms with Crippen molar-refractivity contribution in [2.75, 3.05) is 13.1 Å². The summed E-state index contributed by atoms with van der Waals surface area (Å²) in [7, 11) is 0. The van der Waals surface area contributed by atoms with Gasteiger partial charge >= 0.3 is 0 Å². The van der Waals surface area contributed by atoms with E-state index in [0.29, 0.717) is 6.10 Å². The third-order valence-corrected chi connectivity index (χ3v) is 3.17. The van der Waals surface area contributed by atoms with Gasteiger partial charge in [0.05, 0.1) is 0 Å². The molecule has 1 unspecified atom stereocenters. The van der Waals surface area contributed by atoms with Gasteiger partial charge in [-0.1, -0.05) is 11.6 Å². The summed E-state index contributed by atoms with van der Waals surface area (Å²) in [4.78, 5) is 0. The van der Waals surface area contributed by atoms with Crippen LogP contribution < -0.4 is 10.1 Å². The first kappa shape index (κ1) is 10.8. The number of benzene rings is 1. The third kappa shape index (κ3) is 2.44. The van der Waals surface area contributed by atoms with E-state index >= 15 is 0 Å². The molecule has 2 nitrogen and oxygen atoms in total. The van der Waals surface area contributed by atoms with Gasteiger partial charge in [-0.2, -0.15) is 0 Å². The zero-order valence-electron chi connectivity index (χ0n) is 9.14. The summed E-state index contributed by atoms with van der Waals surface area (Å²) in [6, 6.07) is 3.99. The Kier molecular flexibility index (Phi) is 3.17. The Labute approximate surface area is 95.6 Å². The van der Waals surface area contributed by atoms with Gasteiger partial charge in [0.25, 0.3) is 0 Å². The molecule has 1 aromatic rings. The average molecular weight is 226 g/mol. The highest BCUT2D eigenvalue weighted by molar-refractivity contribution is 6.31. The molecule has 1 fully saturated rings. The maximum absolute atomic E-state index is 6.03. The molecule has 0 aromatic heterocycles. The van der Waals surface area contributed by atoms with E-state index in [-0.39, 0.29) is 0 Å². The molecule has 0 aliphatic carbocycles. The first-order chi connectivity index (χ1) is 7.16. The molecule has 0 radical (unpaired) electrons. The van der Waals surface area contributed by atoms with E-state index in [9.17, 15) is 0 Å². The summed E-state index contributed by atoms with van der Waals surface area (Å²) >= 11 is 6.03.